The molecule has 0 N–H and O–H groups in total. The van der Waals surface area contributed by atoms with Gasteiger partial charge in [0, 0.05) is 186 Å². The molecule has 0 radical (unpaired) electrons. The van der Waals surface area contributed by atoms with Crippen LogP contribution in [0.15, 0.2) is 18.7 Å². The largest absolute Gasteiger partial charge is 0.373 e. The SMILES string of the molecule is C.C.C.C.C.C.C.C.C.CC(C)(C)n1ccnc1.CC1CCN(C(C)(C)C)C1.CC1CN(C(C)(C)C)CC(C)C1C.CC1CN(C(C)(C)C)CC(C)N1C.CC1CN(C(C)(C)C)CC(C)O1.CC1CN(C(C)(C)C)CC(C)S1.CC1CN(C(C)(C)C)CC(C)S1(=O)=O.CC1CN(C(C)(C)C)CC(C)S1=O. The maximum atomic E-state index is 11.8. The average Bonchev–Trinajstić information content (AvgIpc) is 1.46. The van der Waals surface area contributed by atoms with E-state index in [9.17, 15) is 12.6 Å². The van der Waals surface area contributed by atoms with E-state index in [4.69, 9.17) is 4.74 Å². The Labute approximate surface area is 671 Å². The summed E-state index contributed by atoms with van der Waals surface area (Å²) in [6.45, 7) is 100. The number of likely N-dealkylation sites (N-methyl/N-ethyl adjacent to an activating group) is 1. The molecule has 1 aromatic heterocycles. The van der Waals surface area contributed by atoms with E-state index >= 15 is 0 Å². The number of nitrogens with zero attached hydrogens (tertiary/aromatic N) is 10. The molecule has 0 aliphatic carbocycles. The first-order valence-electron chi connectivity index (χ1n) is 37.9. The quantitative estimate of drug-likeness (QED) is 0.246. The number of likely N-dealkylation sites (tertiary alicyclic amines) is 2. The van der Waals surface area contributed by atoms with Crippen molar-refractivity contribution in [2.24, 2.45) is 23.7 Å². The second-order valence-electron chi connectivity index (χ2n) is 39.0. The number of rotatable bonds is 0. The summed E-state index contributed by atoms with van der Waals surface area (Å²) in [4.78, 5) is 24.0. The third-order valence-electron chi connectivity index (χ3n) is 21.2. The monoisotopic (exact) mass is 1560 g/mol. The van der Waals surface area contributed by atoms with Gasteiger partial charge in [-0.1, -0.05) is 108 Å². The fourth-order valence-electron chi connectivity index (χ4n) is 13.4. The molecule has 0 amide bonds. The fraction of sp³-hybridized carbons (Fsp3) is 0.966. The normalized spacial score (nSPS) is 29.6. The highest BCUT2D eigenvalue weighted by Crippen LogP contribution is 2.33. The number of piperazine rings is 1. The molecule has 8 heterocycles. The predicted octanol–water partition coefficient (Wildman–Crippen LogP) is 21.7. The zero-order valence-electron chi connectivity index (χ0n) is 70.8. The number of hydrogen-bond acceptors (Lipinski definition) is 14. The van der Waals surface area contributed by atoms with Gasteiger partial charge < -0.3 is 9.30 Å². The van der Waals surface area contributed by atoms with E-state index in [2.05, 4.69) is 317 Å². The molecule has 1 aromatic rings. The van der Waals surface area contributed by atoms with E-state index in [0.717, 1.165) is 60.4 Å². The van der Waals surface area contributed by atoms with Crippen molar-refractivity contribution in [1.29, 1.82) is 0 Å². The van der Waals surface area contributed by atoms with Gasteiger partial charge in [-0.15, -0.1) is 0 Å². The van der Waals surface area contributed by atoms with Gasteiger partial charge in [0.1, 0.15) is 0 Å². The molecule has 7 aliphatic heterocycles. The van der Waals surface area contributed by atoms with Crippen LogP contribution in [0.1, 0.15) is 336 Å². The van der Waals surface area contributed by atoms with Gasteiger partial charge in [0.2, 0.25) is 0 Å². The third kappa shape index (κ3) is 44.0. The number of morpholine rings is 1. The molecule has 0 spiro atoms. The number of hydrogen-bond donors (Lipinski definition) is 0. The Balaban J connectivity index is -0.000000142. The van der Waals surface area contributed by atoms with Crippen molar-refractivity contribution >= 4 is 32.4 Å². The van der Waals surface area contributed by atoms with Crippen molar-refractivity contribution < 1.29 is 17.4 Å². The van der Waals surface area contributed by atoms with Crippen LogP contribution in [0.25, 0.3) is 0 Å². The number of ether oxygens (including phenoxy) is 1. The van der Waals surface area contributed by atoms with Crippen LogP contribution in [0.2, 0.25) is 0 Å². The van der Waals surface area contributed by atoms with Gasteiger partial charge in [0.15, 0.2) is 9.84 Å². The second-order valence-corrected chi connectivity index (χ2v) is 45.9. The van der Waals surface area contributed by atoms with Crippen LogP contribution in [0, 0.1) is 23.7 Å². The molecule has 0 saturated carbocycles. The number of piperidine rings is 1. The molecule has 644 valence electrons. The summed E-state index contributed by atoms with van der Waals surface area (Å²) in [5.74, 6) is 3.50. The zero-order chi connectivity index (χ0) is 75.2. The third-order valence-corrected chi connectivity index (χ3v) is 26.8. The first-order chi connectivity index (χ1) is 43.0. The summed E-state index contributed by atoms with van der Waals surface area (Å²) >= 11 is 2.12. The lowest BCUT2D eigenvalue weighted by Gasteiger charge is -2.48. The lowest BCUT2D eigenvalue weighted by molar-refractivity contribution is -0.0924. The minimum Gasteiger partial charge on any atom is -0.373 e. The zero-order valence-corrected chi connectivity index (χ0v) is 73.2. The molecule has 8 rings (SSSR count). The van der Waals surface area contributed by atoms with Gasteiger partial charge in [-0.25, -0.2) is 13.4 Å². The van der Waals surface area contributed by atoms with E-state index in [1.54, 1.807) is 6.20 Å². The average molecular weight is 1560 g/mol. The van der Waals surface area contributed by atoms with Crippen LogP contribution in [0.5, 0.6) is 0 Å². The summed E-state index contributed by atoms with van der Waals surface area (Å²) in [6, 6.07) is 1.37. The number of aromatic nitrogens is 2. The van der Waals surface area contributed by atoms with Crippen LogP contribution in [0.3, 0.4) is 0 Å². The highest BCUT2D eigenvalue weighted by atomic mass is 32.2. The maximum Gasteiger partial charge on any atom is 0.157 e. The van der Waals surface area contributed by atoms with Gasteiger partial charge in [-0.2, -0.15) is 11.8 Å². The molecule has 17 heteroatoms. The van der Waals surface area contributed by atoms with Crippen LogP contribution in [-0.2, 0) is 30.9 Å². The van der Waals surface area contributed by atoms with Gasteiger partial charge in [-0.05, 0) is 265 Å². The van der Waals surface area contributed by atoms with Crippen molar-refractivity contribution in [1.82, 2.24) is 48.8 Å². The summed E-state index contributed by atoms with van der Waals surface area (Å²) in [7, 11) is -1.27. The van der Waals surface area contributed by atoms with E-state index in [1.807, 2.05) is 26.4 Å². The number of sulfone groups is 1. The molecule has 0 aromatic carbocycles. The Hall–Kier alpha value is -0.700. The molecule has 7 saturated heterocycles. The summed E-state index contributed by atoms with van der Waals surface area (Å²) < 4.78 is 42.9. The maximum absolute atomic E-state index is 11.8. The molecule has 13 unspecified atom stereocenters. The van der Waals surface area contributed by atoms with Crippen LogP contribution in [0.4, 0.5) is 0 Å². The summed E-state index contributed by atoms with van der Waals surface area (Å²) in [5.41, 5.74) is 2.16. The lowest BCUT2D eigenvalue weighted by atomic mass is 9.79. The van der Waals surface area contributed by atoms with E-state index in [1.165, 1.54) is 58.8 Å². The molecule has 7 fully saturated rings. The Bertz CT molecular complexity index is 2290. The number of imidazole rings is 1. The number of thioether (sulfide) groups is 1. The minimum atomic E-state index is -2.88. The minimum absolute atomic E-state index is 0. The first-order valence-corrected chi connectivity index (χ1v) is 41.7. The van der Waals surface area contributed by atoms with E-state index in [0.29, 0.717) is 70.0 Å². The Morgan fingerprint density at radius 2 is 0.686 bits per heavy atom. The molecular formula is C88H200N10O4S3. The van der Waals surface area contributed by atoms with Crippen molar-refractivity contribution in [3.8, 4) is 0 Å². The highest BCUT2D eigenvalue weighted by Gasteiger charge is 2.41. The van der Waals surface area contributed by atoms with Gasteiger partial charge >= 0.3 is 0 Å². The summed E-state index contributed by atoms with van der Waals surface area (Å²) in [6.07, 6.45) is 7.75. The molecule has 14 nitrogen and oxygen atoms in total. The molecule has 105 heavy (non-hydrogen) atoms. The fourth-order valence-corrected chi connectivity index (χ4v) is 17.8. The highest BCUT2D eigenvalue weighted by molar-refractivity contribution is 8.00. The molecule has 0 bridgehead atoms. The van der Waals surface area contributed by atoms with Crippen LogP contribution >= 0.6 is 11.8 Å². The van der Waals surface area contributed by atoms with Crippen LogP contribution in [-0.4, -0.2) is 255 Å². The van der Waals surface area contributed by atoms with Crippen molar-refractivity contribution in [3.05, 3.63) is 18.7 Å². The van der Waals surface area contributed by atoms with Crippen molar-refractivity contribution in [2.45, 2.75) is 436 Å². The van der Waals surface area contributed by atoms with Gasteiger partial charge in [0.25, 0.3) is 0 Å². The first kappa shape index (κ1) is 123. The second kappa shape index (κ2) is 50.5. The predicted molar refractivity (Wildman–Crippen MR) is 486 cm³/mol. The van der Waals surface area contributed by atoms with E-state index in [-0.39, 0.29) is 99.5 Å². The van der Waals surface area contributed by atoms with E-state index < -0.39 is 20.6 Å². The molecule has 13 atom stereocenters. The topological polar surface area (TPSA) is 104 Å². The summed E-state index contributed by atoms with van der Waals surface area (Å²) in [5, 5.41) is 1.78. The standard InChI is InChI=1S/C12H25N.C11H24N2.C10H21NO2S.C10H21NOS.C10H21NO.C10H21NS.C9H19N.C7H12N2.9CH4/c1-9-7-13(12(4,5)6)8-10(2)11(9)3;1-9-7-13(11(3,4)5)8-10(2)12(9)6;1-8-6-11(10(3,4)5)7-9(2)14(8,12)13;1-8-6-11(10(3,4)5)7-9(2)13(8)12;2*1-8-6-11(10(3,4)5)7-9(2)12-8;1-8-5-6-10(7-8)9(2,3)4;1-7(2,3)9-5-4-8-6-9;;;;;;;;;/h9-11H,7-8H2,1-6H3;9-10H,7-8H2,1-6H3;8-9H,6-7H2,1-5H3;8-9H,6-7H2,1-5H3;2*8-9H,6-7H2,1-5H3;8H,5-7H2,1-4H3;4-6H,1-3H3;9*1H4. The molecule has 7 aliphatic rings. The molecular weight excluding hydrogens is 1360 g/mol. The Morgan fingerprint density at radius 3 is 0.952 bits per heavy atom. The van der Waals surface area contributed by atoms with Gasteiger partial charge in [0.05, 0.1) is 29.0 Å². The smallest absolute Gasteiger partial charge is 0.157 e. The van der Waals surface area contributed by atoms with Crippen molar-refractivity contribution in [2.75, 3.05) is 98.7 Å². The van der Waals surface area contributed by atoms with Crippen molar-refractivity contribution in [3.63, 3.8) is 0 Å². The lowest BCUT2D eigenvalue weighted by Crippen LogP contribution is -2.59. The Kier molecular flexibility index (Phi) is 58.9. The van der Waals surface area contributed by atoms with Gasteiger partial charge in [-0.3, -0.25) is 43.4 Å². The van der Waals surface area contributed by atoms with Crippen LogP contribution < -0.4 is 0 Å². The Morgan fingerprint density at radius 1 is 0.390 bits per heavy atom.